The third kappa shape index (κ3) is 1.76. The van der Waals surface area contributed by atoms with E-state index >= 15 is 0 Å². The lowest BCUT2D eigenvalue weighted by Crippen LogP contribution is -2.69. The highest BCUT2D eigenvalue weighted by molar-refractivity contribution is 5.75. The van der Waals surface area contributed by atoms with Crippen molar-refractivity contribution in [2.75, 3.05) is 13.2 Å². The zero-order chi connectivity index (χ0) is 11.1. The first-order chi connectivity index (χ1) is 7.03. The summed E-state index contributed by atoms with van der Waals surface area (Å²) >= 11 is 0. The first kappa shape index (κ1) is 10.9. The van der Waals surface area contributed by atoms with Crippen LogP contribution in [0.3, 0.4) is 0 Å². The smallest absolute Gasteiger partial charge is 0.231 e. The van der Waals surface area contributed by atoms with Crippen LogP contribution in [0.4, 0.5) is 0 Å². The number of carbonyl (C=O) groups excluding carboxylic acids is 1. The Morgan fingerprint density at radius 1 is 1.60 bits per heavy atom. The third-order valence-electron chi connectivity index (χ3n) is 3.83. The highest BCUT2D eigenvalue weighted by Crippen LogP contribution is 2.51. The van der Waals surface area contributed by atoms with Crippen LogP contribution in [0.15, 0.2) is 0 Å². The summed E-state index contributed by atoms with van der Waals surface area (Å²) in [6.07, 6.45) is 2.69. The van der Waals surface area contributed by atoms with E-state index in [0.29, 0.717) is 18.1 Å². The molecule has 0 bridgehead atoms. The molecule has 1 aliphatic carbocycles. The van der Waals surface area contributed by atoms with Crippen molar-refractivity contribution in [3.63, 3.8) is 0 Å². The van der Waals surface area contributed by atoms with Crippen LogP contribution in [0.1, 0.15) is 26.7 Å². The average molecular weight is 212 g/mol. The van der Waals surface area contributed by atoms with Crippen molar-refractivity contribution in [3.05, 3.63) is 0 Å². The fourth-order valence-electron chi connectivity index (χ4n) is 3.15. The summed E-state index contributed by atoms with van der Waals surface area (Å²) in [4.78, 5) is 10.7. The van der Waals surface area contributed by atoms with Crippen LogP contribution in [0, 0.1) is 11.3 Å². The third-order valence-corrected chi connectivity index (χ3v) is 3.83. The van der Waals surface area contributed by atoms with E-state index < -0.39 is 0 Å². The number of rotatable bonds is 3. The first-order valence-electron chi connectivity index (χ1n) is 5.67. The molecule has 3 N–H and O–H groups in total. The molecule has 0 aromatic rings. The molecule has 2 fully saturated rings. The van der Waals surface area contributed by atoms with E-state index in [9.17, 15) is 4.79 Å². The van der Waals surface area contributed by atoms with Gasteiger partial charge in [0.05, 0.1) is 12.6 Å². The van der Waals surface area contributed by atoms with Gasteiger partial charge in [-0.25, -0.2) is 0 Å². The molecule has 15 heavy (non-hydrogen) atoms. The Bertz CT molecular complexity index is 265. The molecule has 86 valence electrons. The van der Waals surface area contributed by atoms with Crippen molar-refractivity contribution in [1.29, 1.82) is 0 Å². The maximum atomic E-state index is 10.7. The number of hydrogen-bond acceptors (Lipinski definition) is 3. The van der Waals surface area contributed by atoms with Crippen molar-refractivity contribution in [3.8, 4) is 0 Å². The quantitative estimate of drug-likeness (QED) is 0.705. The number of carbonyl (C=O) groups is 1. The Labute approximate surface area is 90.5 Å². The van der Waals surface area contributed by atoms with Crippen molar-refractivity contribution < 1.29 is 9.53 Å². The van der Waals surface area contributed by atoms with Crippen LogP contribution in [-0.4, -0.2) is 31.2 Å². The zero-order valence-corrected chi connectivity index (χ0v) is 9.45. The van der Waals surface area contributed by atoms with Gasteiger partial charge in [-0.15, -0.1) is 0 Å². The maximum Gasteiger partial charge on any atom is 0.231 e. The molecule has 2 aliphatic rings. The van der Waals surface area contributed by atoms with Crippen LogP contribution >= 0.6 is 0 Å². The minimum atomic E-state index is -0.286. The molecule has 4 nitrogen and oxygen atoms in total. The van der Waals surface area contributed by atoms with E-state index in [-0.39, 0.29) is 17.9 Å². The number of primary amides is 1. The van der Waals surface area contributed by atoms with Crippen molar-refractivity contribution in [2.45, 2.75) is 38.8 Å². The van der Waals surface area contributed by atoms with Crippen LogP contribution < -0.4 is 11.1 Å². The second-order valence-corrected chi connectivity index (χ2v) is 5.24. The molecule has 0 spiro atoms. The number of hydrogen-bond donors (Lipinski definition) is 2. The molecule has 1 heterocycles. The van der Waals surface area contributed by atoms with Gasteiger partial charge >= 0.3 is 0 Å². The summed E-state index contributed by atoms with van der Waals surface area (Å²) in [6.45, 7) is 5.54. The van der Waals surface area contributed by atoms with Gasteiger partial charge in [0.1, 0.15) is 0 Å². The summed E-state index contributed by atoms with van der Waals surface area (Å²) in [6, 6.07) is 0.371. The van der Waals surface area contributed by atoms with Crippen LogP contribution in [-0.2, 0) is 9.53 Å². The summed E-state index contributed by atoms with van der Waals surface area (Å²) in [7, 11) is 0. The van der Waals surface area contributed by atoms with Gasteiger partial charge in [-0.05, 0) is 12.8 Å². The molecule has 3 atom stereocenters. The van der Waals surface area contributed by atoms with Crippen LogP contribution in [0.25, 0.3) is 0 Å². The van der Waals surface area contributed by atoms with E-state index in [1.54, 1.807) is 0 Å². The van der Waals surface area contributed by atoms with E-state index in [4.69, 9.17) is 10.5 Å². The van der Waals surface area contributed by atoms with Gasteiger partial charge in [-0.2, -0.15) is 0 Å². The lowest BCUT2D eigenvalue weighted by Gasteiger charge is -2.60. The Morgan fingerprint density at radius 3 is 3.00 bits per heavy atom. The van der Waals surface area contributed by atoms with Gasteiger partial charge in [0.15, 0.2) is 0 Å². The Morgan fingerprint density at radius 2 is 2.33 bits per heavy atom. The maximum absolute atomic E-state index is 10.7. The van der Waals surface area contributed by atoms with E-state index in [0.717, 1.165) is 13.0 Å². The first-order valence-corrected chi connectivity index (χ1v) is 5.67. The number of nitrogens with one attached hydrogen (secondary N) is 1. The van der Waals surface area contributed by atoms with Gasteiger partial charge in [-0.3, -0.25) is 4.79 Å². The standard InChI is InChI=1S/C11H20N2O2/c1-11(2)9(13-6-8(12)14)7-4-3-5-15-10(7)11/h7,9-10,13H,3-6H2,1-2H3,(H2,12,14). The second-order valence-electron chi connectivity index (χ2n) is 5.24. The minimum Gasteiger partial charge on any atom is -0.377 e. The monoisotopic (exact) mass is 212 g/mol. The number of ether oxygens (including phenoxy) is 1. The Kier molecular flexibility index (Phi) is 2.73. The molecule has 1 saturated heterocycles. The molecule has 2 rings (SSSR count). The number of nitrogens with two attached hydrogens (primary N) is 1. The van der Waals surface area contributed by atoms with E-state index in [1.165, 1.54) is 6.42 Å². The minimum absolute atomic E-state index is 0.126. The molecule has 1 aliphatic heterocycles. The molecular formula is C11H20N2O2. The van der Waals surface area contributed by atoms with Crippen molar-refractivity contribution >= 4 is 5.91 Å². The molecule has 0 radical (unpaired) electrons. The van der Waals surface area contributed by atoms with Gasteiger partial charge in [0, 0.05) is 24.0 Å². The highest BCUT2D eigenvalue weighted by Gasteiger charge is 2.57. The average Bonchev–Trinajstić information content (AvgIpc) is 2.17. The van der Waals surface area contributed by atoms with Crippen LogP contribution in [0.5, 0.6) is 0 Å². The van der Waals surface area contributed by atoms with Gasteiger partial charge in [-0.1, -0.05) is 13.8 Å². The van der Waals surface area contributed by atoms with Gasteiger partial charge in [0.2, 0.25) is 5.91 Å². The zero-order valence-electron chi connectivity index (χ0n) is 9.45. The molecular weight excluding hydrogens is 192 g/mol. The SMILES string of the molecule is CC1(C)C(NCC(N)=O)C2CCCOC21. The normalized spacial score (nSPS) is 37.9. The topological polar surface area (TPSA) is 64.3 Å². The van der Waals surface area contributed by atoms with Crippen LogP contribution in [0.2, 0.25) is 0 Å². The number of fused-ring (bicyclic) bond motifs is 1. The summed E-state index contributed by atoms with van der Waals surface area (Å²) in [5.74, 6) is 0.277. The molecule has 1 amide bonds. The summed E-state index contributed by atoms with van der Waals surface area (Å²) in [5, 5.41) is 3.25. The Hall–Kier alpha value is -0.610. The fourth-order valence-corrected chi connectivity index (χ4v) is 3.15. The van der Waals surface area contributed by atoms with Crippen molar-refractivity contribution in [2.24, 2.45) is 17.1 Å². The molecule has 0 aromatic heterocycles. The highest BCUT2D eigenvalue weighted by atomic mass is 16.5. The fraction of sp³-hybridized carbons (Fsp3) is 0.909. The molecule has 1 saturated carbocycles. The van der Waals surface area contributed by atoms with E-state index in [1.807, 2.05) is 0 Å². The number of amides is 1. The lowest BCUT2D eigenvalue weighted by atomic mass is 9.55. The molecule has 3 unspecified atom stereocenters. The predicted octanol–water partition coefficient (Wildman–Crippen LogP) is 0.265. The molecule has 0 aromatic carbocycles. The summed E-state index contributed by atoms with van der Waals surface area (Å²) in [5.41, 5.74) is 5.27. The molecule has 4 heteroatoms. The van der Waals surface area contributed by atoms with Crippen molar-refractivity contribution in [1.82, 2.24) is 5.32 Å². The van der Waals surface area contributed by atoms with E-state index in [2.05, 4.69) is 19.2 Å². The lowest BCUT2D eigenvalue weighted by molar-refractivity contribution is -0.192. The predicted molar refractivity (Wildman–Crippen MR) is 57.2 cm³/mol. The van der Waals surface area contributed by atoms with Gasteiger partial charge in [0.25, 0.3) is 0 Å². The largest absolute Gasteiger partial charge is 0.377 e. The summed E-state index contributed by atoms with van der Waals surface area (Å²) < 4.78 is 5.77. The second kappa shape index (κ2) is 3.76. The Balaban J connectivity index is 1.96. The van der Waals surface area contributed by atoms with Gasteiger partial charge < -0.3 is 15.8 Å².